The van der Waals surface area contributed by atoms with Crippen molar-refractivity contribution in [2.75, 3.05) is 0 Å². The van der Waals surface area contributed by atoms with Crippen LogP contribution in [-0.4, -0.2) is 26.7 Å². The minimum atomic E-state index is -4.64. The van der Waals surface area contributed by atoms with E-state index in [1.54, 1.807) is 31.4 Å². The molecule has 0 spiro atoms. The molecule has 9 heteroatoms. The Hall–Kier alpha value is -2.42. The summed E-state index contributed by atoms with van der Waals surface area (Å²) in [6.45, 7) is 3.30. The molecule has 0 aromatic carbocycles. The largest absolute Gasteiger partial charge is 0.459 e. The van der Waals surface area contributed by atoms with E-state index in [1.165, 1.54) is 11.3 Å². The first-order valence-electron chi connectivity index (χ1n) is 6.98. The van der Waals surface area contributed by atoms with Crippen LogP contribution in [0, 0.1) is 0 Å². The van der Waals surface area contributed by atoms with Crippen molar-refractivity contribution in [1.29, 1.82) is 0 Å². The van der Waals surface area contributed by atoms with Gasteiger partial charge in [0.15, 0.2) is 11.3 Å². The topological polar surface area (TPSA) is 56.5 Å². The van der Waals surface area contributed by atoms with Crippen molar-refractivity contribution in [3.63, 3.8) is 0 Å². The fourth-order valence-electron chi connectivity index (χ4n) is 2.14. The van der Waals surface area contributed by atoms with E-state index in [0.29, 0.717) is 9.39 Å². The minimum Gasteiger partial charge on any atom is -0.459 e. The Morgan fingerprint density at radius 3 is 2.71 bits per heavy atom. The van der Waals surface area contributed by atoms with Crippen molar-refractivity contribution in [2.45, 2.75) is 26.1 Å². The molecule has 5 nitrogen and oxygen atoms in total. The number of carbonyl (C=O) groups is 1. The Morgan fingerprint density at radius 1 is 1.38 bits per heavy atom. The first-order valence-corrected chi connectivity index (χ1v) is 7.86. The molecule has 3 aromatic rings. The summed E-state index contributed by atoms with van der Waals surface area (Å²) in [5, 5.41) is 5.41. The molecule has 0 fully saturated rings. The Balaban J connectivity index is 2.24. The zero-order chi connectivity index (χ0) is 17.5. The van der Waals surface area contributed by atoms with Gasteiger partial charge in [-0.05, 0) is 31.4 Å². The number of esters is 1. The number of nitrogens with zero attached hydrogens (tertiary/aromatic N) is 3. The third-order valence-corrected chi connectivity index (χ3v) is 3.99. The Kier molecular flexibility index (Phi) is 4.04. The zero-order valence-corrected chi connectivity index (χ0v) is 13.5. The van der Waals surface area contributed by atoms with Crippen molar-refractivity contribution in [3.05, 3.63) is 41.0 Å². The van der Waals surface area contributed by atoms with E-state index < -0.39 is 23.9 Å². The monoisotopic (exact) mass is 355 g/mol. The van der Waals surface area contributed by atoms with Gasteiger partial charge in [-0.25, -0.2) is 14.3 Å². The summed E-state index contributed by atoms with van der Waals surface area (Å²) in [5.74, 6) is -0.760. The minimum absolute atomic E-state index is 0.104. The average molecular weight is 355 g/mol. The van der Waals surface area contributed by atoms with Crippen LogP contribution in [0.15, 0.2) is 29.8 Å². The van der Waals surface area contributed by atoms with Gasteiger partial charge in [-0.1, -0.05) is 6.07 Å². The van der Waals surface area contributed by atoms with E-state index in [-0.39, 0.29) is 16.9 Å². The van der Waals surface area contributed by atoms with Crippen LogP contribution in [-0.2, 0) is 10.9 Å². The van der Waals surface area contributed by atoms with Crippen LogP contribution in [0.5, 0.6) is 0 Å². The van der Waals surface area contributed by atoms with E-state index >= 15 is 0 Å². The number of ether oxygens (including phenoxy) is 1. The fraction of sp³-hybridized carbons (Fsp3) is 0.267. The van der Waals surface area contributed by atoms with Gasteiger partial charge in [0, 0.05) is 0 Å². The molecule has 0 aliphatic heterocycles. The maximum absolute atomic E-state index is 13.4. The van der Waals surface area contributed by atoms with Crippen LogP contribution in [0.25, 0.3) is 16.2 Å². The lowest BCUT2D eigenvalue weighted by atomic mass is 10.2. The summed E-state index contributed by atoms with van der Waals surface area (Å²) in [6, 6.07) is 4.29. The lowest BCUT2D eigenvalue weighted by Crippen LogP contribution is -2.15. The van der Waals surface area contributed by atoms with Crippen molar-refractivity contribution >= 4 is 23.0 Å². The summed E-state index contributed by atoms with van der Waals surface area (Å²) < 4.78 is 45.7. The standard InChI is InChI=1S/C15H12F3N3O2S/c1-8(2)23-14(22)9-7-19-21-12(15(16,17)18)6-10(20-13(9)21)11-4-3-5-24-11/h3-8H,1-2H3. The first-order chi connectivity index (χ1) is 11.3. The first kappa shape index (κ1) is 16.4. The lowest BCUT2D eigenvalue weighted by Gasteiger charge is -2.11. The van der Waals surface area contributed by atoms with Crippen LogP contribution < -0.4 is 0 Å². The highest BCUT2D eigenvalue weighted by Gasteiger charge is 2.36. The number of fused-ring (bicyclic) bond motifs is 1. The summed E-state index contributed by atoms with van der Waals surface area (Å²) in [5.41, 5.74) is -1.16. The van der Waals surface area contributed by atoms with Crippen molar-refractivity contribution < 1.29 is 22.7 Å². The predicted molar refractivity (Wildman–Crippen MR) is 81.9 cm³/mol. The molecule has 0 amide bonds. The number of hydrogen-bond donors (Lipinski definition) is 0. The van der Waals surface area contributed by atoms with Crippen molar-refractivity contribution in [2.24, 2.45) is 0 Å². The van der Waals surface area contributed by atoms with E-state index in [1.807, 2.05) is 0 Å². The average Bonchev–Trinajstić information content (AvgIpc) is 3.13. The summed E-state index contributed by atoms with van der Waals surface area (Å²) in [4.78, 5) is 16.8. The van der Waals surface area contributed by atoms with E-state index in [2.05, 4.69) is 10.1 Å². The molecule has 126 valence electrons. The number of hydrogen-bond acceptors (Lipinski definition) is 5. The Morgan fingerprint density at radius 2 is 2.12 bits per heavy atom. The quantitative estimate of drug-likeness (QED) is 0.666. The maximum Gasteiger partial charge on any atom is 0.433 e. The highest BCUT2D eigenvalue weighted by Crippen LogP contribution is 2.33. The second-order valence-electron chi connectivity index (χ2n) is 5.25. The normalized spacial score (nSPS) is 12.1. The van der Waals surface area contributed by atoms with Crippen LogP contribution in [0.3, 0.4) is 0 Å². The predicted octanol–water partition coefficient (Wildman–Crippen LogP) is 4.04. The van der Waals surface area contributed by atoms with Crippen LogP contribution in [0.2, 0.25) is 0 Å². The van der Waals surface area contributed by atoms with Gasteiger partial charge in [0.05, 0.1) is 22.9 Å². The second-order valence-corrected chi connectivity index (χ2v) is 6.20. The summed E-state index contributed by atoms with van der Waals surface area (Å²) in [7, 11) is 0. The van der Waals surface area contributed by atoms with Gasteiger partial charge >= 0.3 is 12.1 Å². The smallest absolute Gasteiger partial charge is 0.433 e. The highest BCUT2D eigenvalue weighted by atomic mass is 32.1. The molecule has 0 aliphatic carbocycles. The molecule has 0 atom stereocenters. The van der Waals surface area contributed by atoms with Crippen LogP contribution >= 0.6 is 11.3 Å². The van der Waals surface area contributed by atoms with Gasteiger partial charge in [0.2, 0.25) is 0 Å². The van der Waals surface area contributed by atoms with Gasteiger partial charge in [-0.2, -0.15) is 18.3 Å². The fourth-order valence-corrected chi connectivity index (χ4v) is 2.82. The third-order valence-electron chi connectivity index (χ3n) is 3.10. The van der Waals surface area contributed by atoms with Gasteiger partial charge in [-0.3, -0.25) is 0 Å². The number of rotatable bonds is 3. The molecule has 24 heavy (non-hydrogen) atoms. The molecule has 0 aliphatic rings. The Bertz CT molecular complexity index is 885. The summed E-state index contributed by atoms with van der Waals surface area (Å²) >= 11 is 1.26. The SMILES string of the molecule is CC(C)OC(=O)c1cnn2c(C(F)(F)F)cc(-c3cccs3)nc12. The molecular formula is C15H12F3N3O2S. The third kappa shape index (κ3) is 2.99. The van der Waals surface area contributed by atoms with Gasteiger partial charge in [0.25, 0.3) is 0 Å². The van der Waals surface area contributed by atoms with Gasteiger partial charge in [0.1, 0.15) is 5.56 Å². The number of aromatic nitrogens is 3. The van der Waals surface area contributed by atoms with E-state index in [0.717, 1.165) is 12.3 Å². The molecule has 0 radical (unpaired) electrons. The van der Waals surface area contributed by atoms with E-state index in [9.17, 15) is 18.0 Å². The summed E-state index contributed by atoms with van der Waals surface area (Å²) in [6.07, 6.45) is -4.01. The molecule has 0 unspecified atom stereocenters. The van der Waals surface area contributed by atoms with Gasteiger partial charge < -0.3 is 4.74 Å². The molecule has 0 saturated carbocycles. The number of halogens is 3. The molecular weight excluding hydrogens is 343 g/mol. The van der Waals surface area contributed by atoms with Crippen molar-refractivity contribution in [3.8, 4) is 10.6 Å². The molecule has 0 N–H and O–H groups in total. The van der Waals surface area contributed by atoms with Crippen LogP contribution in [0.1, 0.15) is 29.9 Å². The molecule has 3 rings (SSSR count). The number of thiophene rings is 1. The molecule has 0 saturated heterocycles. The van der Waals surface area contributed by atoms with Crippen LogP contribution in [0.4, 0.5) is 13.2 Å². The molecule has 3 heterocycles. The van der Waals surface area contributed by atoms with Gasteiger partial charge in [-0.15, -0.1) is 11.3 Å². The molecule has 3 aromatic heterocycles. The second kappa shape index (κ2) is 5.90. The van der Waals surface area contributed by atoms with E-state index in [4.69, 9.17) is 4.74 Å². The lowest BCUT2D eigenvalue weighted by molar-refractivity contribution is -0.142. The Labute approximate surface area is 138 Å². The molecule has 0 bridgehead atoms. The number of alkyl halides is 3. The number of carbonyl (C=O) groups excluding carboxylic acids is 1. The van der Waals surface area contributed by atoms with Crippen molar-refractivity contribution in [1.82, 2.24) is 14.6 Å². The maximum atomic E-state index is 13.4. The zero-order valence-electron chi connectivity index (χ0n) is 12.7. The highest BCUT2D eigenvalue weighted by molar-refractivity contribution is 7.13.